The van der Waals surface area contributed by atoms with Crippen LogP contribution >= 0.6 is 0 Å². The summed E-state index contributed by atoms with van der Waals surface area (Å²) < 4.78 is 17.0. The first-order valence-electron chi connectivity index (χ1n) is 10.2. The molecule has 2 aliphatic heterocycles. The fraction of sp³-hybridized carbons (Fsp3) is 0.682. The molecule has 0 saturated carbocycles. The fourth-order valence-corrected chi connectivity index (χ4v) is 4.09. The zero-order valence-corrected chi connectivity index (χ0v) is 18.1. The Morgan fingerprint density at radius 1 is 1.29 bits per heavy atom. The van der Waals surface area contributed by atoms with Gasteiger partial charge in [-0.15, -0.1) is 0 Å². The van der Waals surface area contributed by atoms with Crippen LogP contribution in [0.15, 0.2) is 6.07 Å². The van der Waals surface area contributed by atoms with E-state index in [1.165, 1.54) is 22.4 Å². The molecule has 0 fully saturated rings. The average molecular weight is 391 g/mol. The molecule has 0 saturated heterocycles. The Hall–Kier alpha value is -1.95. The van der Waals surface area contributed by atoms with Crippen LogP contribution in [0.2, 0.25) is 0 Å². The second-order valence-corrected chi connectivity index (χ2v) is 8.80. The van der Waals surface area contributed by atoms with E-state index in [0.717, 1.165) is 25.1 Å². The molecule has 0 N–H and O–H groups in total. The van der Waals surface area contributed by atoms with Crippen LogP contribution in [0, 0.1) is 6.92 Å². The van der Waals surface area contributed by atoms with Crippen LogP contribution in [0.5, 0.6) is 5.75 Å². The molecule has 1 aromatic rings. The van der Waals surface area contributed by atoms with E-state index in [0.29, 0.717) is 32.3 Å². The van der Waals surface area contributed by atoms with Crippen molar-refractivity contribution in [1.82, 2.24) is 4.90 Å². The zero-order chi connectivity index (χ0) is 20.5. The Labute approximate surface area is 168 Å². The lowest BCUT2D eigenvalue weighted by molar-refractivity contribution is 0.0258. The molecular weight excluding hydrogens is 356 g/mol. The summed E-state index contributed by atoms with van der Waals surface area (Å²) in [7, 11) is 1.74. The van der Waals surface area contributed by atoms with Crippen LogP contribution in [-0.2, 0) is 22.3 Å². The summed E-state index contributed by atoms with van der Waals surface area (Å²) in [6.07, 6.45) is 1.43. The Morgan fingerprint density at radius 2 is 2.00 bits per heavy atom. The molecule has 156 valence electrons. The molecule has 28 heavy (non-hydrogen) atoms. The average Bonchev–Trinajstić information content (AvgIpc) is 2.83. The zero-order valence-electron chi connectivity index (χ0n) is 18.1. The number of carbonyl (C=O) groups is 1. The number of fused-ring (bicyclic) bond motifs is 2. The normalized spacial score (nSPS) is 19.4. The van der Waals surface area contributed by atoms with E-state index < -0.39 is 5.60 Å². The predicted octanol–water partition coefficient (Wildman–Crippen LogP) is 3.56. The van der Waals surface area contributed by atoms with Gasteiger partial charge < -0.3 is 24.0 Å². The van der Waals surface area contributed by atoms with E-state index >= 15 is 0 Å². The number of methoxy groups -OCH3 is 1. The van der Waals surface area contributed by atoms with Crippen LogP contribution in [0.1, 0.15) is 44.4 Å². The van der Waals surface area contributed by atoms with Gasteiger partial charge >= 0.3 is 6.09 Å². The van der Waals surface area contributed by atoms with E-state index in [2.05, 4.69) is 24.8 Å². The van der Waals surface area contributed by atoms with Gasteiger partial charge in [-0.05, 0) is 70.2 Å². The third-order valence-electron chi connectivity index (χ3n) is 5.50. The molecule has 0 radical (unpaired) electrons. The molecule has 6 heteroatoms. The van der Waals surface area contributed by atoms with Crippen molar-refractivity contribution < 1.29 is 19.0 Å². The summed E-state index contributed by atoms with van der Waals surface area (Å²) in [6.45, 7) is 13.6. The van der Waals surface area contributed by atoms with E-state index in [4.69, 9.17) is 14.2 Å². The van der Waals surface area contributed by atoms with Gasteiger partial charge in [0.15, 0.2) is 0 Å². The topological polar surface area (TPSA) is 51.2 Å². The van der Waals surface area contributed by atoms with Gasteiger partial charge in [-0.1, -0.05) is 0 Å². The second kappa shape index (κ2) is 8.19. The highest BCUT2D eigenvalue weighted by Gasteiger charge is 2.30. The highest BCUT2D eigenvalue weighted by molar-refractivity contribution is 5.71. The van der Waals surface area contributed by atoms with Crippen molar-refractivity contribution in [3.8, 4) is 5.75 Å². The summed E-state index contributed by atoms with van der Waals surface area (Å²) in [5.41, 5.74) is 4.59. The maximum absolute atomic E-state index is 12.5. The number of rotatable bonds is 3. The first-order valence-corrected chi connectivity index (χ1v) is 10.2. The molecule has 0 aromatic heterocycles. The van der Waals surface area contributed by atoms with Gasteiger partial charge in [-0.25, -0.2) is 4.79 Å². The molecule has 2 heterocycles. The molecule has 0 aliphatic carbocycles. The van der Waals surface area contributed by atoms with Gasteiger partial charge in [-0.3, -0.25) is 0 Å². The minimum absolute atomic E-state index is 0.227. The number of anilines is 1. The SMILES string of the molecule is COCCN1c2c(cc3c(c2C)CCN(C(=O)OC(C)(C)C)CC3)OC[C@H]1C. The van der Waals surface area contributed by atoms with E-state index in [9.17, 15) is 4.79 Å². The van der Waals surface area contributed by atoms with E-state index in [1.54, 1.807) is 7.11 Å². The van der Waals surface area contributed by atoms with Crippen LogP contribution in [0.3, 0.4) is 0 Å². The van der Waals surface area contributed by atoms with Gasteiger partial charge in [-0.2, -0.15) is 0 Å². The van der Waals surface area contributed by atoms with Crippen LogP contribution < -0.4 is 9.64 Å². The molecule has 1 amide bonds. The number of ether oxygens (including phenoxy) is 3. The van der Waals surface area contributed by atoms with Crippen molar-refractivity contribution in [3.05, 3.63) is 22.8 Å². The fourth-order valence-electron chi connectivity index (χ4n) is 4.09. The Morgan fingerprint density at radius 3 is 2.68 bits per heavy atom. The molecule has 0 unspecified atom stereocenters. The third-order valence-corrected chi connectivity index (χ3v) is 5.50. The molecule has 0 spiro atoms. The van der Waals surface area contributed by atoms with Gasteiger partial charge in [0.05, 0.1) is 18.3 Å². The molecule has 3 rings (SSSR count). The van der Waals surface area contributed by atoms with E-state index in [-0.39, 0.29) is 6.09 Å². The number of benzene rings is 1. The molecule has 6 nitrogen and oxygen atoms in total. The largest absolute Gasteiger partial charge is 0.489 e. The first kappa shape index (κ1) is 20.8. The van der Waals surface area contributed by atoms with Crippen molar-refractivity contribution in [3.63, 3.8) is 0 Å². The smallest absolute Gasteiger partial charge is 0.410 e. The lowest BCUT2D eigenvalue weighted by Gasteiger charge is -2.38. The van der Waals surface area contributed by atoms with Crippen LogP contribution in [0.25, 0.3) is 0 Å². The monoisotopic (exact) mass is 390 g/mol. The lowest BCUT2D eigenvalue weighted by Crippen LogP contribution is -2.43. The Balaban J connectivity index is 1.86. The van der Waals surface area contributed by atoms with Crippen molar-refractivity contribution in [2.45, 2.75) is 59.1 Å². The Bertz CT molecular complexity index is 726. The van der Waals surface area contributed by atoms with E-state index in [1.807, 2.05) is 25.7 Å². The summed E-state index contributed by atoms with van der Waals surface area (Å²) in [6, 6.07) is 2.49. The molecule has 1 atom stereocenters. The minimum Gasteiger partial charge on any atom is -0.489 e. The number of nitrogens with zero attached hydrogens (tertiary/aromatic N) is 2. The summed E-state index contributed by atoms with van der Waals surface area (Å²) >= 11 is 0. The summed E-state index contributed by atoms with van der Waals surface area (Å²) in [5.74, 6) is 0.955. The summed E-state index contributed by atoms with van der Waals surface area (Å²) in [5, 5.41) is 0. The quantitative estimate of drug-likeness (QED) is 0.790. The highest BCUT2D eigenvalue weighted by atomic mass is 16.6. The lowest BCUT2D eigenvalue weighted by atomic mass is 9.94. The van der Waals surface area contributed by atoms with Gasteiger partial charge in [0.1, 0.15) is 18.0 Å². The number of hydrogen-bond donors (Lipinski definition) is 0. The van der Waals surface area contributed by atoms with Crippen molar-refractivity contribution in [1.29, 1.82) is 0 Å². The predicted molar refractivity (Wildman–Crippen MR) is 111 cm³/mol. The Kier molecular flexibility index (Phi) is 6.08. The highest BCUT2D eigenvalue weighted by Crippen LogP contribution is 2.41. The van der Waals surface area contributed by atoms with Crippen LogP contribution in [0.4, 0.5) is 10.5 Å². The number of amides is 1. The minimum atomic E-state index is -0.475. The number of carbonyl (C=O) groups excluding carboxylic acids is 1. The third kappa shape index (κ3) is 4.37. The molecule has 2 aliphatic rings. The maximum Gasteiger partial charge on any atom is 0.410 e. The standard InChI is InChI=1S/C22H34N2O4/c1-15-14-27-19-13-17-7-9-23(21(25)28-22(3,4)5)10-8-18(17)16(2)20(19)24(15)11-12-26-6/h13,15H,7-12,14H2,1-6H3/t15-/m1/s1. The number of hydrogen-bond acceptors (Lipinski definition) is 5. The maximum atomic E-state index is 12.5. The van der Waals surface area contributed by atoms with Crippen molar-refractivity contribution in [2.24, 2.45) is 0 Å². The second-order valence-electron chi connectivity index (χ2n) is 8.80. The van der Waals surface area contributed by atoms with Gasteiger partial charge in [0.25, 0.3) is 0 Å². The van der Waals surface area contributed by atoms with Crippen LogP contribution in [-0.4, -0.2) is 62.6 Å². The molecule has 1 aromatic carbocycles. The summed E-state index contributed by atoms with van der Waals surface area (Å²) in [4.78, 5) is 16.8. The first-order chi connectivity index (χ1) is 13.2. The molecular formula is C22H34N2O4. The van der Waals surface area contributed by atoms with Crippen molar-refractivity contribution in [2.75, 3.05) is 44.9 Å². The van der Waals surface area contributed by atoms with Gasteiger partial charge in [0, 0.05) is 26.7 Å². The molecule has 0 bridgehead atoms. The van der Waals surface area contributed by atoms with Crippen molar-refractivity contribution >= 4 is 11.8 Å². The van der Waals surface area contributed by atoms with Gasteiger partial charge in [0.2, 0.25) is 0 Å².